The van der Waals surface area contributed by atoms with E-state index >= 15 is 0 Å². The maximum absolute atomic E-state index is 13.8. The first-order chi connectivity index (χ1) is 21.0. The van der Waals surface area contributed by atoms with Gasteiger partial charge in [0.2, 0.25) is 18.1 Å². The van der Waals surface area contributed by atoms with E-state index in [1.807, 2.05) is 42.9 Å². The molecule has 0 aliphatic carbocycles. The molecule has 0 radical (unpaired) electrons. The fraction of sp³-hybridized carbons (Fsp3) is 0.290. The van der Waals surface area contributed by atoms with Crippen LogP contribution in [0.15, 0.2) is 71.9 Å². The molecule has 2 aromatic carbocycles. The number of imidazole rings is 1. The Morgan fingerprint density at radius 1 is 1.09 bits per heavy atom. The third-order valence-electron chi connectivity index (χ3n) is 7.22. The number of para-hydroxylation sites is 1. The van der Waals surface area contributed by atoms with Crippen molar-refractivity contribution in [2.75, 3.05) is 43.5 Å². The van der Waals surface area contributed by atoms with Crippen molar-refractivity contribution in [3.63, 3.8) is 0 Å². The lowest BCUT2D eigenvalue weighted by atomic mass is 9.91. The molecule has 0 saturated carbocycles. The number of aromatic nitrogens is 4. The molecule has 220 valence electrons. The van der Waals surface area contributed by atoms with Crippen LogP contribution < -0.4 is 10.6 Å². The van der Waals surface area contributed by atoms with Gasteiger partial charge in [-0.25, -0.2) is 19.3 Å². The fourth-order valence-electron chi connectivity index (χ4n) is 4.76. The van der Waals surface area contributed by atoms with Crippen LogP contribution in [0.4, 0.5) is 16.0 Å². The largest absolute Gasteiger partial charge is 0.354 e. The summed E-state index contributed by atoms with van der Waals surface area (Å²) < 4.78 is 28.0. The zero-order chi connectivity index (χ0) is 29.6. The van der Waals surface area contributed by atoms with E-state index in [1.165, 1.54) is 12.1 Å². The van der Waals surface area contributed by atoms with E-state index in [0.717, 1.165) is 19.5 Å². The van der Waals surface area contributed by atoms with E-state index in [0.29, 0.717) is 46.7 Å². The summed E-state index contributed by atoms with van der Waals surface area (Å²) in [6, 6.07) is 17.1. The normalized spacial score (nSPS) is 19.7. The molecule has 1 fully saturated rings. The van der Waals surface area contributed by atoms with Gasteiger partial charge in [-0.2, -0.15) is 0 Å². The van der Waals surface area contributed by atoms with Gasteiger partial charge in [0.1, 0.15) is 12.4 Å². The first-order valence-electron chi connectivity index (χ1n) is 14.1. The lowest BCUT2D eigenvalue weighted by Gasteiger charge is -2.35. The van der Waals surface area contributed by atoms with Crippen LogP contribution in [0.1, 0.15) is 25.5 Å². The van der Waals surface area contributed by atoms with Gasteiger partial charge in [-0.1, -0.05) is 23.2 Å². The third-order valence-corrected chi connectivity index (χ3v) is 7.22. The Labute approximate surface area is 247 Å². The van der Waals surface area contributed by atoms with Crippen LogP contribution in [0.3, 0.4) is 0 Å². The standard InChI is InChI=1S/C31H31FN8O3/c1-31(29(41)36-23-6-3-2-4-7-23)18-42-28(43-19-31)27-38-25(21-8-10-22(32)11-9-21)26(39-27)24-12-14-35-30(37-24)34-13-5-16-40-17-15-33-20-40/h2-4,6-12,14-15,20,28H,5,13,16-19H2,1H3,(H2-,34,35,36,37,38,39,41)/p+1. The summed E-state index contributed by atoms with van der Waals surface area (Å²) >= 11 is 0. The van der Waals surface area contributed by atoms with E-state index in [1.54, 1.807) is 31.3 Å². The molecule has 4 heterocycles. The van der Waals surface area contributed by atoms with E-state index in [9.17, 15) is 9.18 Å². The molecule has 12 heteroatoms. The molecule has 0 unspecified atom stereocenters. The molecule has 2 aromatic heterocycles. The number of hydrogen-bond acceptors (Lipinski definition) is 8. The summed E-state index contributed by atoms with van der Waals surface area (Å²) in [6.45, 7) is 4.44. The average Bonchev–Trinajstić information content (AvgIpc) is 3.72. The van der Waals surface area contributed by atoms with Gasteiger partial charge in [-0.15, -0.1) is 0 Å². The number of carbonyl (C=O) groups excluding carboxylic acids is 1. The van der Waals surface area contributed by atoms with Gasteiger partial charge in [0.15, 0.2) is 12.0 Å². The van der Waals surface area contributed by atoms with E-state index in [2.05, 4.69) is 30.2 Å². The number of aliphatic imine (C=N–C) groups is 1. The minimum absolute atomic E-state index is 0.126. The van der Waals surface area contributed by atoms with Crippen molar-refractivity contribution >= 4 is 30.1 Å². The van der Waals surface area contributed by atoms with Crippen molar-refractivity contribution in [1.29, 1.82) is 0 Å². The summed E-state index contributed by atoms with van der Waals surface area (Å²) in [5.41, 5.74) is 2.27. The van der Waals surface area contributed by atoms with Gasteiger partial charge in [-0.3, -0.25) is 9.37 Å². The SMILES string of the molecule is CC1(C(=O)Nc2ccccc2)COC(c2nc(-c3ccc(F)cc3)c(-c3ccnc(NCCC[N+]4=CN=CC4)n3)[nH]2)OC1. The average molecular weight is 584 g/mol. The molecule has 6 rings (SSSR count). The van der Waals surface area contributed by atoms with Gasteiger partial charge in [0.05, 0.1) is 42.3 Å². The topological polar surface area (TPSA) is 129 Å². The highest BCUT2D eigenvalue weighted by Gasteiger charge is 2.41. The van der Waals surface area contributed by atoms with Gasteiger partial charge in [0, 0.05) is 30.4 Å². The highest BCUT2D eigenvalue weighted by molar-refractivity contribution is 5.95. The molecule has 2 aliphatic heterocycles. The van der Waals surface area contributed by atoms with E-state index < -0.39 is 11.7 Å². The van der Waals surface area contributed by atoms with Crippen molar-refractivity contribution in [2.24, 2.45) is 10.4 Å². The van der Waals surface area contributed by atoms with Gasteiger partial charge < -0.3 is 25.1 Å². The van der Waals surface area contributed by atoms with Crippen LogP contribution in [-0.4, -0.2) is 75.8 Å². The van der Waals surface area contributed by atoms with E-state index in [4.69, 9.17) is 19.4 Å². The maximum Gasteiger partial charge on any atom is 0.281 e. The van der Waals surface area contributed by atoms with E-state index in [-0.39, 0.29) is 24.9 Å². The quantitative estimate of drug-likeness (QED) is 0.188. The van der Waals surface area contributed by atoms with Crippen molar-refractivity contribution < 1.29 is 23.2 Å². The molecule has 43 heavy (non-hydrogen) atoms. The fourth-order valence-corrected chi connectivity index (χ4v) is 4.76. The molecule has 1 amide bonds. The van der Waals surface area contributed by atoms with Crippen LogP contribution in [0.25, 0.3) is 22.6 Å². The summed E-state index contributed by atoms with van der Waals surface area (Å²) in [6.07, 6.45) is 5.44. The highest BCUT2D eigenvalue weighted by Crippen LogP contribution is 2.36. The van der Waals surface area contributed by atoms with Crippen LogP contribution in [0.5, 0.6) is 0 Å². The predicted molar refractivity (Wildman–Crippen MR) is 160 cm³/mol. The number of halogens is 1. The highest BCUT2D eigenvalue weighted by atomic mass is 19.1. The summed E-state index contributed by atoms with van der Waals surface area (Å²) in [7, 11) is 0. The number of ether oxygens (including phenoxy) is 2. The monoisotopic (exact) mass is 583 g/mol. The van der Waals surface area contributed by atoms with Crippen LogP contribution in [0, 0.1) is 11.2 Å². The van der Waals surface area contributed by atoms with Crippen molar-refractivity contribution in [3.8, 4) is 22.6 Å². The van der Waals surface area contributed by atoms with Gasteiger partial charge in [-0.05, 0) is 49.4 Å². The smallest absolute Gasteiger partial charge is 0.281 e. The second kappa shape index (κ2) is 12.6. The molecule has 3 N–H and O–H groups in total. The zero-order valence-electron chi connectivity index (χ0n) is 23.7. The lowest BCUT2D eigenvalue weighted by molar-refractivity contribution is -0.504. The maximum atomic E-state index is 13.8. The molecular formula is C31H32FN8O3+. The number of anilines is 2. The van der Waals surface area contributed by atoms with Gasteiger partial charge >= 0.3 is 0 Å². The summed E-state index contributed by atoms with van der Waals surface area (Å²) in [5.74, 6) is 0.347. The summed E-state index contributed by atoms with van der Waals surface area (Å²) in [5, 5.41) is 6.20. The third kappa shape index (κ3) is 6.65. The number of rotatable bonds is 10. The number of nitrogens with one attached hydrogen (secondary N) is 3. The molecule has 11 nitrogen and oxygen atoms in total. The first kappa shape index (κ1) is 28.3. The second-order valence-corrected chi connectivity index (χ2v) is 10.7. The number of nitrogens with zero attached hydrogens (tertiary/aromatic N) is 5. The Kier molecular flexibility index (Phi) is 8.29. The number of aromatic amines is 1. The van der Waals surface area contributed by atoms with Crippen molar-refractivity contribution in [2.45, 2.75) is 19.6 Å². The molecule has 4 aromatic rings. The molecule has 2 aliphatic rings. The van der Waals surface area contributed by atoms with Crippen molar-refractivity contribution in [1.82, 2.24) is 19.9 Å². The molecule has 0 spiro atoms. The predicted octanol–water partition coefficient (Wildman–Crippen LogP) is 4.29. The number of benzene rings is 2. The second-order valence-electron chi connectivity index (χ2n) is 10.7. The minimum Gasteiger partial charge on any atom is -0.354 e. The Balaban J connectivity index is 1.19. The number of carbonyl (C=O) groups is 1. The van der Waals surface area contributed by atoms with Gasteiger partial charge in [0.25, 0.3) is 6.34 Å². The first-order valence-corrected chi connectivity index (χ1v) is 14.1. The van der Waals surface area contributed by atoms with Crippen LogP contribution in [0.2, 0.25) is 0 Å². The Bertz CT molecular complexity index is 1630. The van der Waals surface area contributed by atoms with Crippen LogP contribution >= 0.6 is 0 Å². The number of hydrogen-bond donors (Lipinski definition) is 3. The minimum atomic E-state index is -0.894. The molecule has 1 saturated heterocycles. The van der Waals surface area contributed by atoms with Crippen molar-refractivity contribution in [3.05, 3.63) is 78.5 Å². The summed E-state index contributed by atoms with van der Waals surface area (Å²) in [4.78, 5) is 34.3. The Hall–Kier alpha value is -4.81. The molecular weight excluding hydrogens is 551 g/mol. The number of H-pyrrole nitrogens is 1. The Morgan fingerprint density at radius 3 is 2.63 bits per heavy atom. The molecule has 0 bridgehead atoms. The molecule has 0 atom stereocenters. The van der Waals surface area contributed by atoms with Crippen LogP contribution in [-0.2, 0) is 14.3 Å². The Morgan fingerprint density at radius 2 is 1.88 bits per heavy atom. The lowest BCUT2D eigenvalue weighted by Crippen LogP contribution is -2.45. The number of amides is 1. The zero-order valence-corrected chi connectivity index (χ0v) is 23.7.